The molecule has 4 aromatic rings. The van der Waals surface area contributed by atoms with Gasteiger partial charge in [0.1, 0.15) is 5.75 Å². The number of pyridine rings is 1. The van der Waals surface area contributed by atoms with Gasteiger partial charge in [0.05, 0.1) is 35.0 Å². The van der Waals surface area contributed by atoms with Crippen LogP contribution in [0.15, 0.2) is 59.1 Å². The van der Waals surface area contributed by atoms with E-state index < -0.39 is 22.7 Å². The summed E-state index contributed by atoms with van der Waals surface area (Å²) in [7, 11) is -0.272. The Hall–Kier alpha value is -3.18. The molecule has 3 N–H and O–H groups in total. The Kier molecular flexibility index (Phi) is 5.54. The van der Waals surface area contributed by atoms with Crippen LogP contribution in [-0.2, 0) is 17.2 Å². The number of hydrogen-bond acceptors (Lipinski definition) is 6. The fourth-order valence-electron chi connectivity index (χ4n) is 3.09. The van der Waals surface area contributed by atoms with Crippen molar-refractivity contribution in [2.75, 3.05) is 17.6 Å². The standard InChI is InChI=1S/C20H15F3N4O2S2/c1-29-17-8-11(20(21,22)23)2-4-14(17)18-13-5-3-12(9-16(13)26-10-15(18)24)31(28)27-19-25-6-7-30-19/h2-10H,24H2,1H3,(H,25,27). The zero-order valence-electron chi connectivity index (χ0n) is 15.9. The maximum atomic E-state index is 13.1. The first-order valence-electron chi connectivity index (χ1n) is 8.79. The van der Waals surface area contributed by atoms with Crippen molar-refractivity contribution in [3.63, 3.8) is 0 Å². The number of fused-ring (bicyclic) bond motifs is 1. The normalized spacial score (nSPS) is 12.6. The predicted molar refractivity (Wildman–Crippen MR) is 115 cm³/mol. The van der Waals surface area contributed by atoms with Crippen molar-refractivity contribution in [2.24, 2.45) is 0 Å². The maximum absolute atomic E-state index is 13.1. The molecule has 11 heteroatoms. The molecule has 2 aromatic carbocycles. The van der Waals surface area contributed by atoms with Gasteiger partial charge in [0.2, 0.25) is 0 Å². The van der Waals surface area contributed by atoms with E-state index >= 15 is 0 Å². The van der Waals surface area contributed by atoms with Gasteiger partial charge in [-0.3, -0.25) is 9.71 Å². The molecule has 0 spiro atoms. The van der Waals surface area contributed by atoms with E-state index in [0.29, 0.717) is 32.1 Å². The minimum Gasteiger partial charge on any atom is -0.496 e. The largest absolute Gasteiger partial charge is 0.496 e. The van der Waals surface area contributed by atoms with Gasteiger partial charge in [-0.05, 0) is 30.3 Å². The second kappa shape index (κ2) is 8.16. The highest BCUT2D eigenvalue weighted by molar-refractivity contribution is 7.86. The van der Waals surface area contributed by atoms with Crippen LogP contribution in [0.5, 0.6) is 5.75 Å². The lowest BCUT2D eigenvalue weighted by molar-refractivity contribution is -0.137. The molecule has 4 rings (SSSR count). The van der Waals surface area contributed by atoms with Crippen LogP contribution in [0.25, 0.3) is 22.0 Å². The first-order chi connectivity index (χ1) is 14.8. The highest BCUT2D eigenvalue weighted by atomic mass is 32.2. The number of hydrogen-bond donors (Lipinski definition) is 2. The summed E-state index contributed by atoms with van der Waals surface area (Å²) in [6.45, 7) is 0. The summed E-state index contributed by atoms with van der Waals surface area (Å²) in [5.41, 5.74) is 6.96. The molecule has 0 amide bonds. The number of halogens is 3. The van der Waals surface area contributed by atoms with Gasteiger partial charge in [-0.2, -0.15) is 13.2 Å². The molecule has 160 valence electrons. The average molecular weight is 464 g/mol. The third-order valence-corrected chi connectivity index (χ3v) is 6.37. The third kappa shape index (κ3) is 4.19. The molecule has 2 aromatic heterocycles. The zero-order valence-corrected chi connectivity index (χ0v) is 17.6. The number of alkyl halides is 3. The number of ether oxygens (including phenoxy) is 1. The molecule has 31 heavy (non-hydrogen) atoms. The number of nitrogens with zero attached hydrogens (tertiary/aromatic N) is 2. The predicted octanol–water partition coefficient (Wildman–Crippen LogP) is 5.10. The van der Waals surface area contributed by atoms with Crippen LogP contribution in [0.2, 0.25) is 0 Å². The lowest BCUT2D eigenvalue weighted by Gasteiger charge is -2.16. The number of nitrogens with one attached hydrogen (secondary N) is 1. The van der Waals surface area contributed by atoms with Crippen LogP contribution >= 0.6 is 11.3 Å². The van der Waals surface area contributed by atoms with Crippen molar-refractivity contribution < 1.29 is 22.1 Å². The molecule has 0 bridgehead atoms. The van der Waals surface area contributed by atoms with Crippen LogP contribution in [0, 0.1) is 0 Å². The van der Waals surface area contributed by atoms with Crippen molar-refractivity contribution in [3.8, 4) is 16.9 Å². The summed E-state index contributed by atoms with van der Waals surface area (Å²) in [6, 6.07) is 8.18. The smallest absolute Gasteiger partial charge is 0.416 e. The van der Waals surface area contributed by atoms with E-state index in [-0.39, 0.29) is 11.4 Å². The molecule has 0 saturated heterocycles. The number of nitrogen functional groups attached to an aromatic ring is 1. The molecule has 0 aliphatic carbocycles. The molecular weight excluding hydrogens is 449 g/mol. The second-order valence-electron chi connectivity index (χ2n) is 6.39. The second-order valence-corrected chi connectivity index (χ2v) is 8.50. The maximum Gasteiger partial charge on any atom is 0.416 e. The van der Waals surface area contributed by atoms with Crippen LogP contribution in [-0.4, -0.2) is 21.3 Å². The number of methoxy groups -OCH3 is 1. The van der Waals surface area contributed by atoms with Gasteiger partial charge in [-0.25, -0.2) is 9.19 Å². The van der Waals surface area contributed by atoms with Gasteiger partial charge in [0.25, 0.3) is 0 Å². The molecule has 0 saturated carbocycles. The topological polar surface area (TPSA) is 90.1 Å². The summed E-state index contributed by atoms with van der Waals surface area (Å²) in [5, 5.41) is 2.86. The minimum absolute atomic E-state index is 0.0344. The lowest BCUT2D eigenvalue weighted by atomic mass is 9.97. The van der Waals surface area contributed by atoms with Crippen LogP contribution < -0.4 is 15.2 Å². The van der Waals surface area contributed by atoms with Gasteiger partial charge in [0, 0.05) is 28.1 Å². The molecular formula is C20H15F3N4O2S2. The zero-order chi connectivity index (χ0) is 22.2. The molecule has 0 radical (unpaired) electrons. The Morgan fingerprint density at radius 2 is 1.97 bits per heavy atom. The number of thiazole rings is 1. The fourth-order valence-corrected chi connectivity index (χ4v) is 4.62. The molecule has 2 heterocycles. The number of nitrogens with two attached hydrogens (primary N) is 1. The molecule has 0 fully saturated rings. The molecule has 6 nitrogen and oxygen atoms in total. The van der Waals surface area contributed by atoms with E-state index in [9.17, 15) is 17.4 Å². The average Bonchev–Trinajstić information content (AvgIpc) is 3.25. The molecule has 0 aliphatic rings. The first kappa shape index (κ1) is 21.1. The van der Waals surface area contributed by atoms with E-state index in [1.165, 1.54) is 30.7 Å². The van der Waals surface area contributed by atoms with Crippen LogP contribution in [0.1, 0.15) is 5.56 Å². The third-order valence-electron chi connectivity index (χ3n) is 4.49. The van der Waals surface area contributed by atoms with Gasteiger partial charge in [0.15, 0.2) is 16.1 Å². The van der Waals surface area contributed by atoms with Crippen molar-refractivity contribution in [3.05, 3.63) is 59.7 Å². The van der Waals surface area contributed by atoms with E-state index in [4.69, 9.17) is 10.5 Å². The summed E-state index contributed by atoms with van der Waals surface area (Å²) in [4.78, 5) is 8.80. The van der Waals surface area contributed by atoms with Gasteiger partial charge in [-0.1, -0.05) is 6.07 Å². The van der Waals surface area contributed by atoms with E-state index in [1.807, 2.05) is 0 Å². The van der Waals surface area contributed by atoms with E-state index in [1.54, 1.807) is 29.8 Å². The van der Waals surface area contributed by atoms with Gasteiger partial charge < -0.3 is 10.5 Å². The quantitative estimate of drug-likeness (QED) is 0.429. The number of rotatable bonds is 5. The summed E-state index contributed by atoms with van der Waals surface area (Å²) < 4.78 is 59.9. The fraction of sp³-hybridized carbons (Fsp3) is 0.100. The monoisotopic (exact) mass is 464 g/mol. The Morgan fingerprint density at radius 3 is 2.65 bits per heavy atom. The highest BCUT2D eigenvalue weighted by Gasteiger charge is 2.31. The first-order valence-corrected chi connectivity index (χ1v) is 10.8. The summed E-state index contributed by atoms with van der Waals surface area (Å²) >= 11 is 1.32. The summed E-state index contributed by atoms with van der Waals surface area (Å²) in [6.07, 6.45) is -1.49. The Labute approximate surface area is 181 Å². The van der Waals surface area contributed by atoms with Crippen molar-refractivity contribution in [1.82, 2.24) is 9.97 Å². The highest BCUT2D eigenvalue weighted by Crippen LogP contribution is 2.41. The summed E-state index contributed by atoms with van der Waals surface area (Å²) in [5.74, 6) is 0.0344. The molecule has 0 aliphatic heterocycles. The lowest BCUT2D eigenvalue weighted by Crippen LogP contribution is -2.06. The van der Waals surface area contributed by atoms with Crippen LogP contribution in [0.3, 0.4) is 0 Å². The van der Waals surface area contributed by atoms with Gasteiger partial charge in [-0.15, -0.1) is 11.3 Å². The van der Waals surface area contributed by atoms with Crippen molar-refractivity contribution in [1.29, 1.82) is 0 Å². The number of benzene rings is 2. The number of anilines is 2. The Bertz CT molecular complexity index is 1280. The van der Waals surface area contributed by atoms with Crippen LogP contribution in [0.4, 0.5) is 24.0 Å². The SMILES string of the molecule is COc1cc(C(F)(F)F)ccc1-c1c(N)cnc2cc(S(=O)Nc3nccs3)ccc12. The molecule has 1 unspecified atom stereocenters. The van der Waals surface area contributed by atoms with E-state index in [0.717, 1.165) is 12.1 Å². The van der Waals surface area contributed by atoms with E-state index in [2.05, 4.69) is 14.7 Å². The van der Waals surface area contributed by atoms with Crippen molar-refractivity contribution >= 4 is 44.0 Å². The van der Waals surface area contributed by atoms with Gasteiger partial charge >= 0.3 is 6.18 Å². The van der Waals surface area contributed by atoms with Crippen molar-refractivity contribution in [2.45, 2.75) is 11.1 Å². The Balaban J connectivity index is 1.80. The minimum atomic E-state index is -4.50. The molecule has 1 atom stereocenters. The number of aromatic nitrogens is 2. The Morgan fingerprint density at radius 1 is 1.16 bits per heavy atom.